The van der Waals surface area contributed by atoms with E-state index >= 15 is 0 Å². The van der Waals surface area contributed by atoms with Gasteiger partial charge in [0.1, 0.15) is 0 Å². The summed E-state index contributed by atoms with van der Waals surface area (Å²) >= 11 is 7.93. The number of thioether (sulfide) groups is 1. The highest BCUT2D eigenvalue weighted by Crippen LogP contribution is 2.42. The first kappa shape index (κ1) is 15.6. The second-order valence-electron chi connectivity index (χ2n) is 4.99. The SMILES string of the molecule is CCN(CC)c1nc(Cl)nc(NCC2(SC)CCC2)n1. The van der Waals surface area contributed by atoms with Crippen molar-refractivity contribution < 1.29 is 0 Å². The van der Waals surface area contributed by atoms with Gasteiger partial charge in [0.2, 0.25) is 17.2 Å². The summed E-state index contributed by atoms with van der Waals surface area (Å²) < 4.78 is 0.342. The third kappa shape index (κ3) is 3.47. The summed E-state index contributed by atoms with van der Waals surface area (Å²) in [5, 5.41) is 3.57. The molecule has 0 bridgehead atoms. The molecular formula is C13H22ClN5S. The molecule has 0 radical (unpaired) electrons. The van der Waals surface area contributed by atoms with Crippen molar-refractivity contribution in [1.29, 1.82) is 0 Å². The van der Waals surface area contributed by atoms with Crippen molar-refractivity contribution in [2.24, 2.45) is 0 Å². The van der Waals surface area contributed by atoms with Gasteiger partial charge in [0.15, 0.2) is 0 Å². The summed E-state index contributed by atoms with van der Waals surface area (Å²) in [4.78, 5) is 14.9. The summed E-state index contributed by atoms with van der Waals surface area (Å²) in [6.45, 7) is 6.74. The van der Waals surface area contributed by atoms with Gasteiger partial charge in [0.05, 0.1) is 0 Å². The molecule has 0 amide bonds. The van der Waals surface area contributed by atoms with Crippen molar-refractivity contribution in [2.75, 3.05) is 36.1 Å². The maximum absolute atomic E-state index is 6.01. The first-order valence-corrected chi connectivity index (χ1v) is 8.68. The zero-order valence-electron chi connectivity index (χ0n) is 12.3. The molecule has 0 aromatic carbocycles. The van der Waals surface area contributed by atoms with E-state index in [4.69, 9.17) is 11.6 Å². The van der Waals surface area contributed by atoms with E-state index < -0.39 is 0 Å². The Balaban J connectivity index is 2.07. The number of aromatic nitrogens is 3. The molecule has 0 aliphatic heterocycles. The minimum Gasteiger partial charge on any atom is -0.353 e. The van der Waals surface area contributed by atoms with Crippen LogP contribution in [0, 0.1) is 0 Å². The lowest BCUT2D eigenvalue weighted by atomic mass is 9.84. The van der Waals surface area contributed by atoms with Crippen LogP contribution in [0.15, 0.2) is 0 Å². The van der Waals surface area contributed by atoms with Crippen LogP contribution in [-0.2, 0) is 0 Å². The van der Waals surface area contributed by atoms with Gasteiger partial charge in [-0.15, -0.1) is 0 Å². The summed E-state index contributed by atoms with van der Waals surface area (Å²) in [7, 11) is 0. The van der Waals surface area contributed by atoms with Crippen LogP contribution in [0.2, 0.25) is 5.28 Å². The third-order valence-electron chi connectivity index (χ3n) is 3.91. The minimum absolute atomic E-state index is 0.246. The lowest BCUT2D eigenvalue weighted by molar-refractivity contribution is 0.379. The molecule has 1 aliphatic rings. The van der Waals surface area contributed by atoms with Crippen LogP contribution in [0.1, 0.15) is 33.1 Å². The van der Waals surface area contributed by atoms with Crippen LogP contribution in [0.25, 0.3) is 0 Å². The zero-order chi connectivity index (χ0) is 14.6. The maximum atomic E-state index is 6.01. The Bertz CT molecular complexity index is 443. The first-order valence-electron chi connectivity index (χ1n) is 7.08. The molecule has 0 atom stereocenters. The molecule has 1 saturated carbocycles. The van der Waals surface area contributed by atoms with Gasteiger partial charge in [-0.3, -0.25) is 0 Å². The zero-order valence-corrected chi connectivity index (χ0v) is 13.9. The average Bonchev–Trinajstić information content (AvgIpc) is 2.39. The van der Waals surface area contributed by atoms with E-state index in [0.717, 1.165) is 19.6 Å². The molecule has 1 aromatic rings. The molecule has 1 N–H and O–H groups in total. The predicted molar refractivity (Wildman–Crippen MR) is 87.0 cm³/mol. The normalized spacial score (nSPS) is 16.6. The van der Waals surface area contributed by atoms with Crippen LogP contribution in [0.5, 0.6) is 0 Å². The third-order valence-corrected chi connectivity index (χ3v) is 5.50. The van der Waals surface area contributed by atoms with Crippen molar-refractivity contribution in [3.8, 4) is 0 Å². The van der Waals surface area contributed by atoms with Crippen LogP contribution in [0.4, 0.5) is 11.9 Å². The predicted octanol–water partition coefficient (Wildman–Crippen LogP) is 3.07. The van der Waals surface area contributed by atoms with Crippen molar-refractivity contribution in [3.05, 3.63) is 5.28 Å². The average molecular weight is 316 g/mol. The van der Waals surface area contributed by atoms with Crippen LogP contribution in [-0.4, -0.2) is 45.6 Å². The number of hydrogen-bond acceptors (Lipinski definition) is 6. The van der Waals surface area contributed by atoms with Crippen LogP contribution >= 0.6 is 23.4 Å². The smallest absolute Gasteiger partial charge is 0.231 e. The maximum Gasteiger partial charge on any atom is 0.231 e. The molecule has 112 valence electrons. The number of nitrogens with one attached hydrogen (secondary N) is 1. The van der Waals surface area contributed by atoms with E-state index in [2.05, 4.69) is 45.3 Å². The molecule has 0 saturated heterocycles. The number of anilines is 2. The monoisotopic (exact) mass is 315 g/mol. The Morgan fingerprint density at radius 3 is 2.45 bits per heavy atom. The molecule has 2 rings (SSSR count). The van der Waals surface area contributed by atoms with E-state index in [1.165, 1.54) is 19.3 Å². The second kappa shape index (κ2) is 6.80. The van der Waals surface area contributed by atoms with Gasteiger partial charge in [-0.2, -0.15) is 26.7 Å². The fraction of sp³-hybridized carbons (Fsp3) is 0.769. The fourth-order valence-corrected chi connectivity index (χ4v) is 3.40. The summed E-state index contributed by atoms with van der Waals surface area (Å²) in [5.74, 6) is 1.22. The van der Waals surface area contributed by atoms with E-state index in [9.17, 15) is 0 Å². The van der Waals surface area contributed by atoms with Crippen molar-refractivity contribution >= 4 is 35.3 Å². The lowest BCUT2D eigenvalue weighted by Crippen LogP contribution is -2.40. The largest absolute Gasteiger partial charge is 0.353 e. The van der Waals surface area contributed by atoms with E-state index in [0.29, 0.717) is 16.6 Å². The quantitative estimate of drug-likeness (QED) is 0.834. The second-order valence-corrected chi connectivity index (χ2v) is 6.61. The van der Waals surface area contributed by atoms with Gasteiger partial charge in [0, 0.05) is 24.4 Å². The van der Waals surface area contributed by atoms with E-state index in [1.54, 1.807) is 0 Å². The molecule has 0 unspecified atom stereocenters. The number of nitrogens with zero attached hydrogens (tertiary/aromatic N) is 4. The highest BCUT2D eigenvalue weighted by atomic mass is 35.5. The highest BCUT2D eigenvalue weighted by molar-refractivity contribution is 8.00. The van der Waals surface area contributed by atoms with Crippen molar-refractivity contribution in [3.63, 3.8) is 0 Å². The fourth-order valence-electron chi connectivity index (χ4n) is 2.33. The molecule has 5 nitrogen and oxygen atoms in total. The van der Waals surface area contributed by atoms with E-state index in [-0.39, 0.29) is 5.28 Å². The van der Waals surface area contributed by atoms with Crippen molar-refractivity contribution in [1.82, 2.24) is 15.0 Å². The Kier molecular flexibility index (Phi) is 5.32. The van der Waals surface area contributed by atoms with E-state index in [1.807, 2.05) is 11.8 Å². The summed E-state index contributed by atoms with van der Waals surface area (Å²) in [6, 6.07) is 0. The molecule has 7 heteroatoms. The summed E-state index contributed by atoms with van der Waals surface area (Å²) in [5.41, 5.74) is 0. The van der Waals surface area contributed by atoms with Crippen molar-refractivity contribution in [2.45, 2.75) is 37.9 Å². The molecule has 1 heterocycles. The number of hydrogen-bond donors (Lipinski definition) is 1. The molecule has 1 fully saturated rings. The molecular weight excluding hydrogens is 294 g/mol. The van der Waals surface area contributed by atoms with Gasteiger partial charge >= 0.3 is 0 Å². The topological polar surface area (TPSA) is 53.9 Å². The molecule has 0 spiro atoms. The number of halogens is 1. The first-order chi connectivity index (χ1) is 9.62. The molecule has 1 aliphatic carbocycles. The van der Waals surface area contributed by atoms with Crippen LogP contribution < -0.4 is 10.2 Å². The molecule has 20 heavy (non-hydrogen) atoms. The Morgan fingerprint density at radius 2 is 1.95 bits per heavy atom. The lowest BCUT2D eigenvalue weighted by Gasteiger charge is -2.40. The molecule has 1 aromatic heterocycles. The van der Waals surface area contributed by atoms with Gasteiger partial charge in [-0.25, -0.2) is 0 Å². The number of rotatable bonds is 7. The van der Waals surface area contributed by atoms with Gasteiger partial charge in [0.25, 0.3) is 0 Å². The van der Waals surface area contributed by atoms with Gasteiger partial charge in [-0.1, -0.05) is 6.42 Å². The summed E-state index contributed by atoms with van der Waals surface area (Å²) in [6.07, 6.45) is 5.99. The minimum atomic E-state index is 0.246. The van der Waals surface area contributed by atoms with Gasteiger partial charge in [-0.05, 0) is 44.5 Å². The standard InChI is InChI=1S/C13H22ClN5S/c1-4-19(5-2)12-17-10(14)16-11(18-12)15-9-13(20-3)7-6-8-13/h4-9H2,1-3H3,(H,15,16,17,18). The van der Waals surface area contributed by atoms with Crippen LogP contribution in [0.3, 0.4) is 0 Å². The Hall–Kier alpha value is -0.750. The highest BCUT2D eigenvalue weighted by Gasteiger charge is 2.36. The Labute approximate surface area is 129 Å². The van der Waals surface area contributed by atoms with Gasteiger partial charge < -0.3 is 10.2 Å². The Morgan fingerprint density at radius 1 is 1.25 bits per heavy atom.